The van der Waals surface area contributed by atoms with E-state index in [1.54, 1.807) is 27.7 Å². The molecule has 29 heavy (non-hydrogen) atoms. The van der Waals surface area contributed by atoms with Crippen LogP contribution in [0.2, 0.25) is 5.02 Å². The molecule has 1 aliphatic rings. The van der Waals surface area contributed by atoms with Crippen molar-refractivity contribution in [1.29, 1.82) is 0 Å². The normalized spacial score (nSPS) is 21.7. The third-order valence-corrected chi connectivity index (χ3v) is 8.34. The van der Waals surface area contributed by atoms with Gasteiger partial charge in [0, 0.05) is 30.6 Å². The predicted molar refractivity (Wildman–Crippen MR) is 112 cm³/mol. The summed E-state index contributed by atoms with van der Waals surface area (Å²) in [6.07, 6.45) is 6.71. The lowest BCUT2D eigenvalue weighted by Gasteiger charge is -2.04. The Hall–Kier alpha value is -2.20. The van der Waals surface area contributed by atoms with Crippen LogP contribution in [0.25, 0.3) is 4.96 Å². The molecule has 3 atom stereocenters. The highest BCUT2D eigenvalue weighted by molar-refractivity contribution is 7.91. The second kappa shape index (κ2) is 6.94. The number of rotatable bonds is 6. The van der Waals surface area contributed by atoms with Crippen molar-refractivity contribution in [2.24, 2.45) is 5.92 Å². The summed E-state index contributed by atoms with van der Waals surface area (Å²) in [5.74, 6) is 0.478. The summed E-state index contributed by atoms with van der Waals surface area (Å²) < 4.78 is 32.3. The van der Waals surface area contributed by atoms with Gasteiger partial charge in [0.25, 0.3) is 10.0 Å². The van der Waals surface area contributed by atoms with Crippen LogP contribution in [0.5, 0.6) is 0 Å². The number of thiazole rings is 1. The fourth-order valence-electron chi connectivity index (χ4n) is 3.68. The van der Waals surface area contributed by atoms with E-state index in [1.165, 1.54) is 0 Å². The van der Waals surface area contributed by atoms with E-state index in [-0.39, 0.29) is 22.1 Å². The number of sulfonamides is 1. The maximum absolute atomic E-state index is 12.9. The van der Waals surface area contributed by atoms with E-state index in [4.69, 9.17) is 11.6 Å². The number of fused-ring (bicyclic) bond motifs is 1. The molecule has 4 aromatic rings. The molecule has 0 aliphatic heterocycles. The van der Waals surface area contributed by atoms with E-state index in [9.17, 15) is 8.42 Å². The molecule has 0 spiro atoms. The van der Waals surface area contributed by atoms with Crippen molar-refractivity contribution < 1.29 is 8.42 Å². The van der Waals surface area contributed by atoms with Crippen LogP contribution >= 0.6 is 22.9 Å². The van der Waals surface area contributed by atoms with Gasteiger partial charge in [-0.05, 0) is 11.5 Å². The summed E-state index contributed by atoms with van der Waals surface area (Å²) in [5, 5.41) is 4.70. The molecule has 10 heteroatoms. The van der Waals surface area contributed by atoms with Crippen molar-refractivity contribution in [3.05, 3.63) is 71.4 Å². The van der Waals surface area contributed by atoms with E-state index >= 15 is 0 Å². The monoisotopic (exact) mass is 447 g/mol. The van der Waals surface area contributed by atoms with Crippen LogP contribution in [0, 0.1) is 5.92 Å². The average molecular weight is 448 g/mol. The van der Waals surface area contributed by atoms with Gasteiger partial charge in [-0.1, -0.05) is 60.2 Å². The fourth-order valence-corrected chi connectivity index (χ4v) is 6.45. The predicted octanol–water partition coefficient (Wildman–Crippen LogP) is 3.37. The molecule has 1 aliphatic carbocycles. The Bertz CT molecular complexity index is 1250. The molecule has 0 unspecified atom stereocenters. The lowest BCUT2D eigenvalue weighted by atomic mass is 10.1. The number of imidazole rings is 1. The maximum atomic E-state index is 12.9. The molecule has 3 aromatic heterocycles. The first-order chi connectivity index (χ1) is 13.9. The van der Waals surface area contributed by atoms with E-state index in [1.807, 2.05) is 36.5 Å². The molecule has 1 N–H and O–H groups in total. The van der Waals surface area contributed by atoms with E-state index in [2.05, 4.69) is 21.7 Å². The molecule has 1 saturated carbocycles. The minimum absolute atomic E-state index is 0.0862. The standard InChI is InChI=1S/C19H18ClN5O2S2/c1-12-17(13-5-3-2-4-6-13)18(12)23-29(26,27)16-11-24-9-15(22-19(24)28-16)10-25-8-14(20)7-21-25/h2-9,11-12,17-18,23H,10H2,1H3/t12-,17-,18+/m1/s1. The summed E-state index contributed by atoms with van der Waals surface area (Å²) in [7, 11) is -3.60. The van der Waals surface area contributed by atoms with Crippen LogP contribution in [-0.4, -0.2) is 33.6 Å². The van der Waals surface area contributed by atoms with E-state index < -0.39 is 10.0 Å². The summed E-state index contributed by atoms with van der Waals surface area (Å²) in [6, 6.07) is 9.93. The highest BCUT2D eigenvalue weighted by atomic mass is 35.5. The molecule has 0 bridgehead atoms. The van der Waals surface area contributed by atoms with Gasteiger partial charge in [-0.15, -0.1) is 0 Å². The van der Waals surface area contributed by atoms with Crippen molar-refractivity contribution in [1.82, 2.24) is 23.9 Å². The van der Waals surface area contributed by atoms with Crippen molar-refractivity contribution in [2.45, 2.75) is 29.6 Å². The van der Waals surface area contributed by atoms with E-state index in [0.29, 0.717) is 16.5 Å². The van der Waals surface area contributed by atoms with Gasteiger partial charge in [0.1, 0.15) is 0 Å². The Balaban J connectivity index is 1.33. The first-order valence-corrected chi connectivity index (χ1v) is 11.8. The average Bonchev–Trinajstić information content (AvgIpc) is 3.08. The van der Waals surface area contributed by atoms with Gasteiger partial charge >= 0.3 is 0 Å². The minimum Gasteiger partial charge on any atom is -0.296 e. The summed E-state index contributed by atoms with van der Waals surface area (Å²) in [4.78, 5) is 5.14. The van der Waals surface area contributed by atoms with Crippen molar-refractivity contribution in [2.75, 3.05) is 0 Å². The van der Waals surface area contributed by atoms with Crippen LogP contribution in [0.3, 0.4) is 0 Å². The summed E-state index contributed by atoms with van der Waals surface area (Å²) in [6.45, 7) is 2.54. The quantitative estimate of drug-likeness (QED) is 0.491. The zero-order chi connectivity index (χ0) is 20.2. The number of hydrogen-bond acceptors (Lipinski definition) is 5. The molecule has 5 rings (SSSR count). The Morgan fingerprint density at radius 2 is 2.00 bits per heavy atom. The highest BCUT2D eigenvalue weighted by Crippen LogP contribution is 2.48. The molecule has 7 nitrogen and oxygen atoms in total. The summed E-state index contributed by atoms with van der Waals surface area (Å²) >= 11 is 7.04. The minimum atomic E-state index is -3.60. The molecule has 0 saturated heterocycles. The van der Waals surface area contributed by atoms with Crippen LogP contribution in [0.15, 0.2) is 59.3 Å². The largest absolute Gasteiger partial charge is 0.296 e. The number of nitrogens with one attached hydrogen (secondary N) is 1. The molecule has 3 heterocycles. The number of halogens is 1. The third-order valence-electron chi connectivity index (χ3n) is 5.23. The topological polar surface area (TPSA) is 81.3 Å². The fraction of sp³-hybridized carbons (Fsp3) is 0.263. The smallest absolute Gasteiger partial charge is 0.251 e. The first kappa shape index (κ1) is 18.8. The van der Waals surface area contributed by atoms with Crippen molar-refractivity contribution in [3.8, 4) is 0 Å². The molecule has 0 amide bonds. The molecule has 0 radical (unpaired) electrons. The zero-order valence-electron chi connectivity index (χ0n) is 15.4. The van der Waals surface area contributed by atoms with E-state index in [0.717, 1.165) is 22.6 Å². The Morgan fingerprint density at radius 1 is 1.21 bits per heavy atom. The van der Waals surface area contributed by atoms with Gasteiger partial charge in [0.15, 0.2) is 9.17 Å². The molecule has 150 valence electrons. The van der Waals surface area contributed by atoms with Crippen molar-refractivity contribution >= 4 is 37.9 Å². The van der Waals surface area contributed by atoms with Gasteiger partial charge in [0.05, 0.1) is 23.5 Å². The first-order valence-electron chi connectivity index (χ1n) is 9.13. The second-order valence-electron chi connectivity index (χ2n) is 7.27. The van der Waals surface area contributed by atoms with Crippen LogP contribution in [0.4, 0.5) is 0 Å². The lowest BCUT2D eigenvalue weighted by molar-refractivity contribution is 0.579. The number of aromatic nitrogens is 4. The van der Waals surface area contributed by atoms with Crippen LogP contribution in [0.1, 0.15) is 24.1 Å². The summed E-state index contributed by atoms with van der Waals surface area (Å²) in [5.41, 5.74) is 1.95. The second-order valence-corrected chi connectivity index (χ2v) is 10.7. The number of nitrogens with zero attached hydrogens (tertiary/aromatic N) is 4. The van der Waals surface area contributed by atoms with Crippen LogP contribution < -0.4 is 4.72 Å². The molecule has 1 fully saturated rings. The Morgan fingerprint density at radius 3 is 2.69 bits per heavy atom. The Kier molecular flexibility index (Phi) is 4.50. The number of hydrogen-bond donors (Lipinski definition) is 1. The molecular formula is C19H18ClN5O2S2. The number of benzene rings is 1. The zero-order valence-corrected chi connectivity index (χ0v) is 17.8. The van der Waals surface area contributed by atoms with Crippen LogP contribution in [-0.2, 0) is 16.6 Å². The molecular weight excluding hydrogens is 430 g/mol. The maximum Gasteiger partial charge on any atom is 0.251 e. The lowest BCUT2D eigenvalue weighted by Crippen LogP contribution is -2.27. The van der Waals surface area contributed by atoms with Gasteiger partial charge in [-0.2, -0.15) is 5.10 Å². The van der Waals surface area contributed by atoms with Gasteiger partial charge in [-0.25, -0.2) is 18.1 Å². The SMILES string of the molecule is C[C@H]1[C@H](NS(=O)(=O)c2cn3cc(Cn4cc(Cl)cn4)nc3s2)[C@H]1c1ccccc1. The van der Waals surface area contributed by atoms with Crippen molar-refractivity contribution in [3.63, 3.8) is 0 Å². The third kappa shape index (κ3) is 3.59. The highest BCUT2D eigenvalue weighted by Gasteiger charge is 2.49. The Labute approximate surface area is 177 Å². The van der Waals surface area contributed by atoms with Gasteiger partial charge in [0.2, 0.25) is 0 Å². The molecule has 1 aromatic carbocycles. The van der Waals surface area contributed by atoms with Gasteiger partial charge in [-0.3, -0.25) is 9.08 Å². The van der Waals surface area contributed by atoms with Gasteiger partial charge < -0.3 is 0 Å².